The molecule has 1 aliphatic carbocycles. The van der Waals surface area contributed by atoms with Crippen molar-refractivity contribution < 1.29 is 4.74 Å². The van der Waals surface area contributed by atoms with Gasteiger partial charge in [-0.05, 0) is 62.6 Å². The lowest BCUT2D eigenvalue weighted by molar-refractivity contribution is 0.106. The van der Waals surface area contributed by atoms with Crippen LogP contribution in [-0.4, -0.2) is 48.9 Å². The molecule has 3 heterocycles. The van der Waals surface area contributed by atoms with E-state index in [0.717, 1.165) is 44.7 Å². The van der Waals surface area contributed by atoms with E-state index < -0.39 is 0 Å². The van der Waals surface area contributed by atoms with Crippen molar-refractivity contribution in [3.8, 4) is 0 Å². The zero-order valence-electron chi connectivity index (χ0n) is 13.2. The lowest BCUT2D eigenvalue weighted by atomic mass is 9.77. The molecule has 22 heavy (non-hydrogen) atoms. The highest BCUT2D eigenvalue weighted by Crippen LogP contribution is 2.43. The van der Waals surface area contributed by atoms with E-state index in [2.05, 4.69) is 20.2 Å². The number of hydrogen-bond donors (Lipinski definition) is 1. The van der Waals surface area contributed by atoms with Crippen LogP contribution in [0.5, 0.6) is 0 Å². The van der Waals surface area contributed by atoms with Gasteiger partial charge in [-0.15, -0.1) is 0 Å². The van der Waals surface area contributed by atoms with E-state index in [1.54, 1.807) is 0 Å². The van der Waals surface area contributed by atoms with Crippen molar-refractivity contribution in [1.82, 2.24) is 15.3 Å². The number of nitrogens with zero attached hydrogens (tertiary/aromatic N) is 3. The average Bonchev–Trinajstić information content (AvgIpc) is 3.32. The molecule has 1 atom stereocenters. The molecular formula is C17H26N4O. The van der Waals surface area contributed by atoms with Gasteiger partial charge < -0.3 is 15.0 Å². The normalized spacial score (nSPS) is 27.5. The Labute approximate surface area is 132 Å². The monoisotopic (exact) mass is 302 g/mol. The summed E-state index contributed by atoms with van der Waals surface area (Å²) in [6, 6.07) is 2.32. The maximum Gasteiger partial charge on any atom is 0.225 e. The Bertz CT molecular complexity index is 485. The van der Waals surface area contributed by atoms with Gasteiger partial charge in [-0.3, -0.25) is 0 Å². The summed E-state index contributed by atoms with van der Waals surface area (Å²) in [5.41, 5.74) is 0.429. The SMILES string of the molecule is c1cnc(N2CC3(CCNCC3)CC2COCC2CC2)nc1. The molecule has 0 aromatic carbocycles. The van der Waals surface area contributed by atoms with Gasteiger partial charge in [0.25, 0.3) is 0 Å². The standard InChI is InChI=1S/C17H26N4O/c1-6-19-16(20-7-1)21-13-17(4-8-18-9-5-17)10-15(21)12-22-11-14-2-3-14/h1,6-7,14-15,18H,2-5,8-13H2. The van der Waals surface area contributed by atoms with E-state index in [-0.39, 0.29) is 0 Å². The van der Waals surface area contributed by atoms with Gasteiger partial charge in [-0.25, -0.2) is 9.97 Å². The van der Waals surface area contributed by atoms with Crippen LogP contribution in [0.25, 0.3) is 0 Å². The summed E-state index contributed by atoms with van der Waals surface area (Å²) in [4.78, 5) is 11.4. The fraction of sp³-hybridized carbons (Fsp3) is 0.765. The van der Waals surface area contributed by atoms with Crippen molar-refractivity contribution in [2.45, 2.75) is 38.1 Å². The van der Waals surface area contributed by atoms with E-state index >= 15 is 0 Å². The molecule has 1 saturated carbocycles. The van der Waals surface area contributed by atoms with Crippen LogP contribution in [0, 0.1) is 11.3 Å². The first-order valence-corrected chi connectivity index (χ1v) is 8.67. The van der Waals surface area contributed by atoms with Crippen LogP contribution in [0.15, 0.2) is 18.5 Å². The first-order valence-electron chi connectivity index (χ1n) is 8.67. The fourth-order valence-electron chi connectivity index (χ4n) is 3.96. The summed E-state index contributed by atoms with van der Waals surface area (Å²) in [5, 5.41) is 3.49. The minimum absolute atomic E-state index is 0.429. The number of nitrogens with one attached hydrogen (secondary N) is 1. The molecular weight excluding hydrogens is 276 g/mol. The molecule has 0 amide bonds. The van der Waals surface area contributed by atoms with Gasteiger partial charge in [0.2, 0.25) is 5.95 Å². The van der Waals surface area contributed by atoms with Gasteiger partial charge in [0.1, 0.15) is 0 Å². The third kappa shape index (κ3) is 3.10. The number of hydrogen-bond acceptors (Lipinski definition) is 5. The molecule has 4 rings (SSSR count). The molecule has 5 heteroatoms. The van der Waals surface area contributed by atoms with Crippen molar-refractivity contribution in [3.63, 3.8) is 0 Å². The zero-order valence-corrected chi connectivity index (χ0v) is 13.2. The summed E-state index contributed by atoms with van der Waals surface area (Å²) >= 11 is 0. The van der Waals surface area contributed by atoms with Gasteiger partial charge in [0.15, 0.2) is 0 Å². The molecule has 1 spiro atoms. The highest BCUT2D eigenvalue weighted by molar-refractivity contribution is 5.35. The molecule has 3 fully saturated rings. The van der Waals surface area contributed by atoms with Crippen molar-refractivity contribution in [2.24, 2.45) is 11.3 Å². The van der Waals surface area contributed by atoms with Gasteiger partial charge >= 0.3 is 0 Å². The van der Waals surface area contributed by atoms with Crippen LogP contribution < -0.4 is 10.2 Å². The number of aromatic nitrogens is 2. The quantitative estimate of drug-likeness (QED) is 0.899. The first-order chi connectivity index (χ1) is 10.8. The number of anilines is 1. The summed E-state index contributed by atoms with van der Waals surface area (Å²) < 4.78 is 6.01. The van der Waals surface area contributed by atoms with Crippen molar-refractivity contribution in [1.29, 1.82) is 0 Å². The Hall–Kier alpha value is -1.20. The van der Waals surface area contributed by atoms with E-state index in [1.807, 2.05) is 18.5 Å². The molecule has 1 aromatic heterocycles. The molecule has 0 bridgehead atoms. The zero-order chi connectivity index (χ0) is 14.8. The van der Waals surface area contributed by atoms with Gasteiger partial charge in [0.05, 0.1) is 12.6 Å². The molecule has 1 N–H and O–H groups in total. The largest absolute Gasteiger partial charge is 0.379 e. The molecule has 1 unspecified atom stereocenters. The van der Waals surface area contributed by atoms with Crippen LogP contribution >= 0.6 is 0 Å². The Morgan fingerprint density at radius 2 is 1.95 bits per heavy atom. The minimum Gasteiger partial charge on any atom is -0.379 e. The lowest BCUT2D eigenvalue weighted by Gasteiger charge is -2.33. The Morgan fingerprint density at radius 3 is 2.68 bits per heavy atom. The predicted octanol–water partition coefficient (Wildman–Crippen LogP) is 1.85. The molecule has 0 radical (unpaired) electrons. The summed E-state index contributed by atoms with van der Waals surface area (Å²) in [6.45, 7) is 5.12. The summed E-state index contributed by atoms with van der Waals surface area (Å²) in [6.07, 6.45) is 10.1. The highest BCUT2D eigenvalue weighted by atomic mass is 16.5. The van der Waals surface area contributed by atoms with E-state index in [9.17, 15) is 0 Å². The lowest BCUT2D eigenvalue weighted by Crippen LogP contribution is -2.39. The highest BCUT2D eigenvalue weighted by Gasteiger charge is 2.45. The second kappa shape index (κ2) is 6.13. The second-order valence-electron chi connectivity index (χ2n) is 7.27. The third-order valence-corrected chi connectivity index (χ3v) is 5.45. The molecule has 2 saturated heterocycles. The Morgan fingerprint density at radius 1 is 1.18 bits per heavy atom. The van der Waals surface area contributed by atoms with Crippen LogP contribution in [-0.2, 0) is 4.74 Å². The summed E-state index contributed by atoms with van der Waals surface area (Å²) in [7, 11) is 0. The number of piperidine rings is 1. The van der Waals surface area contributed by atoms with Gasteiger partial charge in [0, 0.05) is 25.5 Å². The Balaban J connectivity index is 1.47. The van der Waals surface area contributed by atoms with Crippen molar-refractivity contribution in [2.75, 3.05) is 37.7 Å². The maximum atomic E-state index is 6.01. The van der Waals surface area contributed by atoms with E-state index in [1.165, 1.54) is 32.1 Å². The molecule has 120 valence electrons. The molecule has 2 aliphatic heterocycles. The van der Waals surface area contributed by atoms with E-state index in [0.29, 0.717) is 11.5 Å². The predicted molar refractivity (Wildman–Crippen MR) is 85.9 cm³/mol. The van der Waals surface area contributed by atoms with Crippen LogP contribution in [0.3, 0.4) is 0 Å². The van der Waals surface area contributed by atoms with Crippen LogP contribution in [0.1, 0.15) is 32.1 Å². The molecule has 3 aliphatic rings. The smallest absolute Gasteiger partial charge is 0.225 e. The third-order valence-electron chi connectivity index (χ3n) is 5.45. The second-order valence-corrected chi connectivity index (χ2v) is 7.27. The van der Waals surface area contributed by atoms with Crippen molar-refractivity contribution >= 4 is 5.95 Å². The molecule has 1 aromatic rings. The number of rotatable bonds is 5. The average molecular weight is 302 g/mol. The number of ether oxygens (including phenoxy) is 1. The van der Waals surface area contributed by atoms with Gasteiger partial charge in [-0.2, -0.15) is 0 Å². The summed E-state index contributed by atoms with van der Waals surface area (Å²) in [5.74, 6) is 1.70. The minimum atomic E-state index is 0.429. The van der Waals surface area contributed by atoms with E-state index in [4.69, 9.17) is 4.74 Å². The topological polar surface area (TPSA) is 50.3 Å². The Kier molecular flexibility index (Phi) is 4.01. The van der Waals surface area contributed by atoms with Crippen LogP contribution in [0.2, 0.25) is 0 Å². The molecule has 5 nitrogen and oxygen atoms in total. The van der Waals surface area contributed by atoms with Crippen molar-refractivity contribution in [3.05, 3.63) is 18.5 Å². The fourth-order valence-corrected chi connectivity index (χ4v) is 3.96. The first kappa shape index (κ1) is 14.4. The van der Waals surface area contributed by atoms with Gasteiger partial charge in [-0.1, -0.05) is 0 Å². The van der Waals surface area contributed by atoms with Crippen LogP contribution in [0.4, 0.5) is 5.95 Å². The maximum absolute atomic E-state index is 6.01.